The van der Waals surface area contributed by atoms with Gasteiger partial charge in [0.1, 0.15) is 18.2 Å². The Morgan fingerprint density at radius 2 is 1.83 bits per heavy atom. The second-order valence-corrected chi connectivity index (χ2v) is 4.63. The van der Waals surface area contributed by atoms with Crippen LogP contribution in [-0.2, 0) is 11.3 Å². The van der Waals surface area contributed by atoms with Gasteiger partial charge in [-0.05, 0) is 19.8 Å². The largest absolute Gasteiger partial charge is 0.377 e. The van der Waals surface area contributed by atoms with Crippen molar-refractivity contribution in [3.8, 4) is 0 Å². The van der Waals surface area contributed by atoms with Crippen LogP contribution in [0.25, 0.3) is 0 Å². The van der Waals surface area contributed by atoms with E-state index in [0.717, 1.165) is 24.5 Å². The van der Waals surface area contributed by atoms with Crippen LogP contribution in [0.2, 0.25) is 0 Å². The lowest BCUT2D eigenvalue weighted by Gasteiger charge is -2.29. The van der Waals surface area contributed by atoms with Crippen molar-refractivity contribution in [3.63, 3.8) is 0 Å². The number of nitrogens with one attached hydrogen (secondary N) is 2. The average molecular weight is 252 g/mol. The molecule has 5 nitrogen and oxygen atoms in total. The third-order valence-corrected chi connectivity index (χ3v) is 3.29. The topological polar surface area (TPSA) is 59.1 Å². The van der Waals surface area contributed by atoms with Gasteiger partial charge < -0.3 is 15.4 Å². The molecule has 1 rings (SSSR count). The zero-order valence-electron chi connectivity index (χ0n) is 12.0. The van der Waals surface area contributed by atoms with Gasteiger partial charge in [-0.25, -0.2) is 9.97 Å². The summed E-state index contributed by atoms with van der Waals surface area (Å²) in [5.74, 6) is 2.32. The first-order valence-corrected chi connectivity index (χ1v) is 6.39. The molecule has 0 aliphatic rings. The first kappa shape index (κ1) is 14.7. The lowest BCUT2D eigenvalue weighted by molar-refractivity contribution is 0.178. The van der Waals surface area contributed by atoms with Gasteiger partial charge in [-0.2, -0.15) is 0 Å². The zero-order valence-corrected chi connectivity index (χ0v) is 12.0. The second-order valence-electron chi connectivity index (χ2n) is 4.63. The molecule has 1 aromatic rings. The number of methoxy groups -OCH3 is 1. The molecule has 0 spiro atoms. The van der Waals surface area contributed by atoms with E-state index in [1.807, 2.05) is 13.1 Å². The Kier molecular flexibility index (Phi) is 5.34. The molecule has 1 aromatic heterocycles. The Labute approximate surface area is 109 Å². The number of aromatic nitrogens is 2. The van der Waals surface area contributed by atoms with Gasteiger partial charge in [0.05, 0.1) is 0 Å². The number of anilines is 2. The van der Waals surface area contributed by atoms with Crippen molar-refractivity contribution < 1.29 is 4.74 Å². The Balaban J connectivity index is 2.96. The molecule has 102 valence electrons. The average Bonchev–Trinajstić information content (AvgIpc) is 2.38. The molecule has 2 N–H and O–H groups in total. The van der Waals surface area contributed by atoms with E-state index in [2.05, 4.69) is 41.4 Å². The van der Waals surface area contributed by atoms with Crippen LogP contribution in [0.4, 0.5) is 11.6 Å². The molecule has 0 fully saturated rings. The van der Waals surface area contributed by atoms with Crippen LogP contribution >= 0.6 is 0 Å². The number of hydrogen-bond acceptors (Lipinski definition) is 5. The molecule has 0 saturated carbocycles. The SMILES string of the molecule is CCC(C)(CC)Nc1cc(NC)nc(COC)n1. The van der Waals surface area contributed by atoms with E-state index in [0.29, 0.717) is 12.4 Å². The third kappa shape index (κ3) is 3.84. The van der Waals surface area contributed by atoms with Gasteiger partial charge in [0, 0.05) is 25.8 Å². The highest BCUT2D eigenvalue weighted by molar-refractivity contribution is 5.48. The molecule has 0 amide bonds. The summed E-state index contributed by atoms with van der Waals surface area (Å²) in [5.41, 5.74) is 0.0592. The van der Waals surface area contributed by atoms with Crippen molar-refractivity contribution in [3.05, 3.63) is 11.9 Å². The van der Waals surface area contributed by atoms with Crippen molar-refractivity contribution >= 4 is 11.6 Å². The predicted octanol–water partition coefficient (Wildman–Crippen LogP) is 2.66. The lowest BCUT2D eigenvalue weighted by Crippen LogP contribution is -2.33. The van der Waals surface area contributed by atoms with Crippen LogP contribution in [0, 0.1) is 0 Å². The summed E-state index contributed by atoms with van der Waals surface area (Å²) in [5, 5.41) is 6.52. The Bertz CT molecular complexity index is 377. The first-order chi connectivity index (χ1) is 8.56. The quantitative estimate of drug-likeness (QED) is 0.781. The third-order valence-electron chi connectivity index (χ3n) is 3.29. The highest BCUT2D eigenvalue weighted by Crippen LogP contribution is 2.21. The van der Waals surface area contributed by atoms with Gasteiger partial charge in [-0.3, -0.25) is 0 Å². The molecule has 0 atom stereocenters. The van der Waals surface area contributed by atoms with Crippen molar-refractivity contribution in [2.45, 2.75) is 45.8 Å². The van der Waals surface area contributed by atoms with Gasteiger partial charge >= 0.3 is 0 Å². The molecule has 0 radical (unpaired) electrons. The first-order valence-electron chi connectivity index (χ1n) is 6.39. The lowest BCUT2D eigenvalue weighted by atomic mass is 9.96. The monoisotopic (exact) mass is 252 g/mol. The van der Waals surface area contributed by atoms with Crippen molar-refractivity contribution in [2.75, 3.05) is 24.8 Å². The normalized spacial score (nSPS) is 11.4. The summed E-state index contributed by atoms with van der Waals surface area (Å²) in [6, 6.07) is 1.92. The fourth-order valence-electron chi connectivity index (χ4n) is 1.62. The maximum absolute atomic E-state index is 5.08. The van der Waals surface area contributed by atoms with E-state index in [9.17, 15) is 0 Å². The summed E-state index contributed by atoms with van der Waals surface area (Å²) >= 11 is 0. The van der Waals surface area contributed by atoms with Gasteiger partial charge in [0.15, 0.2) is 5.82 Å². The van der Waals surface area contributed by atoms with E-state index in [4.69, 9.17) is 4.74 Å². The molecule has 0 saturated heterocycles. The predicted molar refractivity (Wildman–Crippen MR) is 74.9 cm³/mol. The maximum Gasteiger partial charge on any atom is 0.158 e. The minimum atomic E-state index is 0.0592. The molecule has 0 aliphatic heterocycles. The number of ether oxygens (including phenoxy) is 1. The van der Waals surface area contributed by atoms with Gasteiger partial charge in [-0.15, -0.1) is 0 Å². The Hall–Kier alpha value is -1.36. The molecule has 5 heteroatoms. The molecule has 0 aliphatic carbocycles. The molecule has 18 heavy (non-hydrogen) atoms. The van der Waals surface area contributed by atoms with Crippen molar-refractivity contribution in [2.24, 2.45) is 0 Å². The van der Waals surface area contributed by atoms with Crippen LogP contribution < -0.4 is 10.6 Å². The van der Waals surface area contributed by atoms with Crippen molar-refractivity contribution in [1.29, 1.82) is 0 Å². The molecule has 0 bridgehead atoms. The van der Waals surface area contributed by atoms with E-state index in [1.54, 1.807) is 7.11 Å². The van der Waals surface area contributed by atoms with Crippen LogP contribution in [-0.4, -0.2) is 29.7 Å². The smallest absolute Gasteiger partial charge is 0.158 e. The van der Waals surface area contributed by atoms with E-state index >= 15 is 0 Å². The summed E-state index contributed by atoms with van der Waals surface area (Å²) in [6.07, 6.45) is 2.09. The summed E-state index contributed by atoms with van der Waals surface area (Å²) < 4.78 is 5.08. The Morgan fingerprint density at radius 3 is 2.33 bits per heavy atom. The molecular weight excluding hydrogens is 228 g/mol. The summed E-state index contributed by atoms with van der Waals surface area (Å²) in [6.45, 7) is 6.96. The highest BCUT2D eigenvalue weighted by Gasteiger charge is 2.20. The van der Waals surface area contributed by atoms with E-state index in [-0.39, 0.29) is 5.54 Å². The van der Waals surface area contributed by atoms with Crippen LogP contribution in [0.15, 0.2) is 6.07 Å². The van der Waals surface area contributed by atoms with Gasteiger partial charge in [0.25, 0.3) is 0 Å². The van der Waals surface area contributed by atoms with E-state index < -0.39 is 0 Å². The molecule has 0 aromatic carbocycles. The van der Waals surface area contributed by atoms with Gasteiger partial charge in [-0.1, -0.05) is 13.8 Å². The Morgan fingerprint density at radius 1 is 1.22 bits per heavy atom. The number of nitrogens with zero attached hydrogens (tertiary/aromatic N) is 2. The standard InChI is InChI=1S/C13H24N4O/c1-6-13(3,7-2)17-11-8-10(14-4)15-12(16-11)9-18-5/h8H,6-7,9H2,1-5H3,(H2,14,15,16,17). The van der Waals surface area contributed by atoms with Crippen LogP contribution in [0.3, 0.4) is 0 Å². The fraction of sp³-hybridized carbons (Fsp3) is 0.692. The minimum absolute atomic E-state index is 0.0592. The zero-order chi connectivity index (χ0) is 13.6. The minimum Gasteiger partial charge on any atom is -0.377 e. The van der Waals surface area contributed by atoms with Crippen LogP contribution in [0.5, 0.6) is 0 Å². The second kappa shape index (κ2) is 6.54. The molecule has 1 heterocycles. The number of rotatable bonds is 7. The maximum atomic E-state index is 5.08. The van der Waals surface area contributed by atoms with Crippen molar-refractivity contribution in [1.82, 2.24) is 9.97 Å². The summed E-state index contributed by atoms with van der Waals surface area (Å²) in [4.78, 5) is 8.80. The van der Waals surface area contributed by atoms with E-state index in [1.165, 1.54) is 0 Å². The van der Waals surface area contributed by atoms with Crippen LogP contribution in [0.1, 0.15) is 39.4 Å². The highest BCUT2D eigenvalue weighted by atomic mass is 16.5. The molecular formula is C13H24N4O. The number of hydrogen-bond donors (Lipinski definition) is 2. The molecule has 0 unspecified atom stereocenters. The summed E-state index contributed by atoms with van der Waals surface area (Å²) in [7, 11) is 3.49. The fourth-order valence-corrected chi connectivity index (χ4v) is 1.62. The van der Waals surface area contributed by atoms with Gasteiger partial charge in [0.2, 0.25) is 0 Å².